The SMILES string of the molecule is O=C1C=C(Nc2ccc3cnn(C4CCCC4)c3c2)CC1. The second-order valence-electron chi connectivity index (χ2n) is 6.06. The molecule has 1 aromatic heterocycles. The molecule has 1 aromatic carbocycles. The van der Waals surface area contributed by atoms with Gasteiger partial charge in [-0.1, -0.05) is 12.8 Å². The Morgan fingerprint density at radius 3 is 2.81 bits per heavy atom. The molecule has 1 N–H and O–H groups in total. The molecule has 1 heterocycles. The summed E-state index contributed by atoms with van der Waals surface area (Å²) in [6.07, 6.45) is 10.2. The van der Waals surface area contributed by atoms with Crippen molar-refractivity contribution in [3.63, 3.8) is 0 Å². The first-order valence-corrected chi connectivity index (χ1v) is 7.77. The molecule has 0 unspecified atom stereocenters. The van der Waals surface area contributed by atoms with E-state index in [-0.39, 0.29) is 5.78 Å². The van der Waals surface area contributed by atoms with Crippen LogP contribution in [0.3, 0.4) is 0 Å². The molecular formula is C17H19N3O. The van der Waals surface area contributed by atoms with Crippen molar-refractivity contribution in [2.24, 2.45) is 0 Å². The number of fused-ring (bicyclic) bond motifs is 1. The van der Waals surface area contributed by atoms with Gasteiger partial charge in [0.05, 0.1) is 17.8 Å². The summed E-state index contributed by atoms with van der Waals surface area (Å²) in [6.45, 7) is 0. The third kappa shape index (κ3) is 2.35. The Morgan fingerprint density at radius 2 is 2.05 bits per heavy atom. The fourth-order valence-electron chi connectivity index (χ4n) is 3.44. The van der Waals surface area contributed by atoms with Crippen molar-refractivity contribution in [2.45, 2.75) is 44.6 Å². The molecule has 4 nitrogen and oxygen atoms in total. The number of ketones is 1. The van der Waals surface area contributed by atoms with E-state index in [2.05, 4.69) is 33.3 Å². The molecule has 2 aromatic rings. The lowest BCUT2D eigenvalue weighted by atomic mass is 10.2. The van der Waals surface area contributed by atoms with E-state index in [1.54, 1.807) is 6.08 Å². The normalized spacial score (nSPS) is 19.4. The molecule has 108 valence electrons. The molecule has 1 saturated carbocycles. The van der Waals surface area contributed by atoms with Gasteiger partial charge in [-0.3, -0.25) is 9.48 Å². The summed E-state index contributed by atoms with van der Waals surface area (Å²) >= 11 is 0. The van der Waals surface area contributed by atoms with Crippen LogP contribution in [0.25, 0.3) is 10.9 Å². The number of carbonyl (C=O) groups excluding carboxylic acids is 1. The number of carbonyl (C=O) groups is 1. The molecular weight excluding hydrogens is 262 g/mol. The Labute approximate surface area is 123 Å². The number of aromatic nitrogens is 2. The fourth-order valence-corrected chi connectivity index (χ4v) is 3.44. The molecule has 4 heteroatoms. The van der Waals surface area contributed by atoms with Crippen LogP contribution < -0.4 is 5.32 Å². The molecule has 2 aliphatic carbocycles. The summed E-state index contributed by atoms with van der Waals surface area (Å²) in [5.41, 5.74) is 3.26. The van der Waals surface area contributed by atoms with E-state index in [0.717, 1.165) is 17.8 Å². The Balaban J connectivity index is 1.66. The summed E-state index contributed by atoms with van der Waals surface area (Å²) in [5, 5.41) is 9.14. The van der Waals surface area contributed by atoms with Crippen LogP contribution in [0.5, 0.6) is 0 Å². The van der Waals surface area contributed by atoms with E-state index in [9.17, 15) is 4.79 Å². The van der Waals surface area contributed by atoms with Gasteiger partial charge >= 0.3 is 0 Å². The van der Waals surface area contributed by atoms with Gasteiger partial charge in [-0.05, 0) is 37.5 Å². The lowest BCUT2D eigenvalue weighted by Crippen LogP contribution is -2.06. The minimum atomic E-state index is 0.217. The van der Waals surface area contributed by atoms with Gasteiger partial charge in [-0.25, -0.2) is 0 Å². The molecule has 2 aliphatic rings. The molecule has 21 heavy (non-hydrogen) atoms. The van der Waals surface area contributed by atoms with E-state index < -0.39 is 0 Å². The van der Waals surface area contributed by atoms with Crippen LogP contribution in [0.2, 0.25) is 0 Å². The van der Waals surface area contributed by atoms with E-state index in [0.29, 0.717) is 12.5 Å². The average molecular weight is 281 g/mol. The molecule has 0 atom stereocenters. The van der Waals surface area contributed by atoms with Crippen molar-refractivity contribution in [3.05, 3.63) is 36.2 Å². The first-order chi connectivity index (χ1) is 10.3. The van der Waals surface area contributed by atoms with Crippen molar-refractivity contribution < 1.29 is 4.79 Å². The number of nitrogens with one attached hydrogen (secondary N) is 1. The lowest BCUT2D eigenvalue weighted by molar-refractivity contribution is -0.114. The Hall–Kier alpha value is -2.10. The summed E-state index contributed by atoms with van der Waals surface area (Å²) < 4.78 is 2.18. The van der Waals surface area contributed by atoms with Crippen molar-refractivity contribution in [2.75, 3.05) is 5.32 Å². The van der Waals surface area contributed by atoms with Gasteiger partial charge in [0.2, 0.25) is 0 Å². The summed E-state index contributed by atoms with van der Waals surface area (Å²) in [5.74, 6) is 0.217. The van der Waals surface area contributed by atoms with Crippen molar-refractivity contribution >= 4 is 22.4 Å². The largest absolute Gasteiger partial charge is 0.359 e. The van der Waals surface area contributed by atoms with Crippen LogP contribution in [-0.2, 0) is 4.79 Å². The summed E-state index contributed by atoms with van der Waals surface area (Å²) in [6, 6.07) is 6.87. The van der Waals surface area contributed by atoms with Gasteiger partial charge in [0.15, 0.2) is 5.78 Å². The van der Waals surface area contributed by atoms with Crippen LogP contribution in [0.15, 0.2) is 36.2 Å². The lowest BCUT2D eigenvalue weighted by Gasteiger charge is -2.12. The van der Waals surface area contributed by atoms with Crippen LogP contribution >= 0.6 is 0 Å². The molecule has 0 saturated heterocycles. The minimum Gasteiger partial charge on any atom is -0.359 e. The zero-order chi connectivity index (χ0) is 14.2. The van der Waals surface area contributed by atoms with Gasteiger partial charge in [0.1, 0.15) is 0 Å². The molecule has 0 amide bonds. The number of hydrogen-bond donors (Lipinski definition) is 1. The van der Waals surface area contributed by atoms with Crippen LogP contribution in [0.4, 0.5) is 5.69 Å². The minimum absolute atomic E-state index is 0.217. The average Bonchev–Trinajstić information content (AvgIpc) is 3.18. The topological polar surface area (TPSA) is 46.9 Å². The van der Waals surface area contributed by atoms with Gasteiger partial charge in [-0.15, -0.1) is 0 Å². The van der Waals surface area contributed by atoms with E-state index in [4.69, 9.17) is 0 Å². The van der Waals surface area contributed by atoms with Gasteiger partial charge in [-0.2, -0.15) is 5.10 Å². The molecule has 0 aliphatic heterocycles. The third-order valence-corrected chi connectivity index (χ3v) is 4.55. The molecule has 4 rings (SSSR count). The van der Waals surface area contributed by atoms with E-state index in [1.165, 1.54) is 36.6 Å². The highest BCUT2D eigenvalue weighted by molar-refractivity contribution is 5.93. The highest BCUT2D eigenvalue weighted by Gasteiger charge is 2.19. The highest BCUT2D eigenvalue weighted by Crippen LogP contribution is 2.32. The van der Waals surface area contributed by atoms with E-state index >= 15 is 0 Å². The number of rotatable bonds is 3. The van der Waals surface area contributed by atoms with Crippen molar-refractivity contribution in [1.29, 1.82) is 0 Å². The maximum Gasteiger partial charge on any atom is 0.157 e. The molecule has 0 spiro atoms. The number of allylic oxidation sites excluding steroid dienone is 2. The highest BCUT2D eigenvalue weighted by atomic mass is 16.1. The zero-order valence-corrected chi connectivity index (χ0v) is 12.0. The van der Waals surface area contributed by atoms with Crippen LogP contribution in [0.1, 0.15) is 44.6 Å². The quantitative estimate of drug-likeness (QED) is 0.930. The first-order valence-electron chi connectivity index (χ1n) is 7.77. The number of nitrogens with zero attached hydrogens (tertiary/aromatic N) is 2. The first kappa shape index (κ1) is 12.6. The smallest absolute Gasteiger partial charge is 0.157 e. The second-order valence-corrected chi connectivity index (χ2v) is 6.06. The van der Waals surface area contributed by atoms with Crippen LogP contribution in [0, 0.1) is 0 Å². The van der Waals surface area contributed by atoms with Crippen LogP contribution in [-0.4, -0.2) is 15.6 Å². The van der Waals surface area contributed by atoms with E-state index in [1.807, 2.05) is 6.20 Å². The number of hydrogen-bond acceptors (Lipinski definition) is 3. The van der Waals surface area contributed by atoms with Gasteiger partial charge in [0, 0.05) is 29.3 Å². The predicted octanol–water partition coefficient (Wildman–Crippen LogP) is 3.81. The summed E-state index contributed by atoms with van der Waals surface area (Å²) in [4.78, 5) is 11.3. The monoisotopic (exact) mass is 281 g/mol. The van der Waals surface area contributed by atoms with Gasteiger partial charge < -0.3 is 5.32 Å². The number of benzene rings is 1. The Bertz CT molecular complexity index is 723. The Morgan fingerprint density at radius 1 is 1.19 bits per heavy atom. The second kappa shape index (κ2) is 5.02. The maximum atomic E-state index is 11.3. The molecule has 1 fully saturated rings. The molecule has 0 radical (unpaired) electrons. The maximum absolute atomic E-state index is 11.3. The van der Waals surface area contributed by atoms with Crippen molar-refractivity contribution in [1.82, 2.24) is 9.78 Å². The standard InChI is InChI=1S/C17H19N3O/c21-16-8-7-13(9-16)19-14-6-5-12-11-18-20(17(12)10-14)15-3-1-2-4-15/h5-6,9-11,15,19H,1-4,7-8H2. The zero-order valence-electron chi connectivity index (χ0n) is 12.0. The number of anilines is 1. The summed E-state index contributed by atoms with van der Waals surface area (Å²) in [7, 11) is 0. The molecule has 0 bridgehead atoms. The fraction of sp³-hybridized carbons (Fsp3) is 0.412. The third-order valence-electron chi connectivity index (χ3n) is 4.55. The Kier molecular flexibility index (Phi) is 3.02. The van der Waals surface area contributed by atoms with Gasteiger partial charge in [0.25, 0.3) is 0 Å². The van der Waals surface area contributed by atoms with Crippen molar-refractivity contribution in [3.8, 4) is 0 Å². The predicted molar refractivity (Wildman–Crippen MR) is 83.2 cm³/mol.